The summed E-state index contributed by atoms with van der Waals surface area (Å²) in [5.41, 5.74) is 4.74. The third kappa shape index (κ3) is 2.90. The number of phenols is 1. The first-order valence-electron chi connectivity index (χ1n) is 6.85. The van der Waals surface area contributed by atoms with Crippen LogP contribution in [0.25, 0.3) is 0 Å². The highest BCUT2D eigenvalue weighted by Crippen LogP contribution is 2.40. The van der Waals surface area contributed by atoms with Crippen LogP contribution in [-0.2, 0) is 6.54 Å². The average Bonchev–Trinajstić information content (AvgIpc) is 3.25. The molecule has 0 radical (unpaired) electrons. The van der Waals surface area contributed by atoms with Crippen molar-refractivity contribution in [3.05, 3.63) is 59.2 Å². The van der Waals surface area contributed by atoms with Crippen molar-refractivity contribution in [3.63, 3.8) is 0 Å². The molecule has 98 valence electrons. The third-order valence-electron chi connectivity index (χ3n) is 3.69. The van der Waals surface area contributed by atoms with E-state index in [0.717, 1.165) is 23.7 Å². The Morgan fingerprint density at radius 3 is 2.74 bits per heavy atom. The van der Waals surface area contributed by atoms with Crippen molar-refractivity contribution >= 4 is 5.69 Å². The zero-order valence-electron chi connectivity index (χ0n) is 11.2. The van der Waals surface area contributed by atoms with Gasteiger partial charge in [0.15, 0.2) is 0 Å². The summed E-state index contributed by atoms with van der Waals surface area (Å²) in [5.74, 6) is 1.15. The number of phenolic OH excluding ortho intramolecular Hbond substituents is 1. The van der Waals surface area contributed by atoms with Crippen LogP contribution < -0.4 is 5.32 Å². The lowest BCUT2D eigenvalue weighted by atomic mass is 10.1. The van der Waals surface area contributed by atoms with Crippen molar-refractivity contribution in [2.75, 3.05) is 5.32 Å². The second-order valence-corrected chi connectivity index (χ2v) is 5.37. The Kier molecular flexibility index (Phi) is 3.16. The Morgan fingerprint density at radius 1 is 1.16 bits per heavy atom. The number of nitrogens with one attached hydrogen (secondary N) is 1. The second-order valence-electron chi connectivity index (χ2n) is 5.37. The quantitative estimate of drug-likeness (QED) is 0.801. The molecule has 0 spiro atoms. The van der Waals surface area contributed by atoms with E-state index < -0.39 is 0 Å². The first-order chi connectivity index (χ1) is 9.22. The number of benzene rings is 2. The molecule has 2 heteroatoms. The maximum Gasteiger partial charge on any atom is 0.118 e. The van der Waals surface area contributed by atoms with Crippen LogP contribution in [0.3, 0.4) is 0 Å². The van der Waals surface area contributed by atoms with Crippen molar-refractivity contribution in [2.45, 2.75) is 32.2 Å². The Labute approximate surface area is 114 Å². The summed E-state index contributed by atoms with van der Waals surface area (Å²) >= 11 is 0. The summed E-state index contributed by atoms with van der Waals surface area (Å²) in [7, 11) is 0. The molecule has 2 aromatic rings. The van der Waals surface area contributed by atoms with Crippen LogP contribution in [0.4, 0.5) is 5.69 Å². The average molecular weight is 253 g/mol. The Morgan fingerprint density at radius 2 is 2.00 bits per heavy atom. The molecule has 0 heterocycles. The third-order valence-corrected chi connectivity index (χ3v) is 3.69. The van der Waals surface area contributed by atoms with E-state index >= 15 is 0 Å². The fraction of sp³-hybridized carbons (Fsp3) is 0.294. The highest BCUT2D eigenvalue weighted by molar-refractivity contribution is 5.50. The number of rotatable bonds is 4. The molecule has 1 aliphatic carbocycles. The number of hydrogen-bond donors (Lipinski definition) is 2. The summed E-state index contributed by atoms with van der Waals surface area (Å²) in [6, 6.07) is 14.5. The largest absolute Gasteiger partial charge is 0.508 e. The van der Waals surface area contributed by atoms with E-state index in [2.05, 4.69) is 29.6 Å². The van der Waals surface area contributed by atoms with Gasteiger partial charge in [0.1, 0.15) is 5.75 Å². The molecule has 1 aliphatic rings. The van der Waals surface area contributed by atoms with Crippen LogP contribution in [0, 0.1) is 6.92 Å². The Bertz CT molecular complexity index is 588. The minimum atomic E-state index is 0.348. The number of aryl methyl sites for hydroxylation is 1. The molecule has 3 rings (SSSR count). The first-order valence-corrected chi connectivity index (χ1v) is 6.85. The van der Waals surface area contributed by atoms with Crippen molar-refractivity contribution in [1.29, 1.82) is 0 Å². The molecule has 0 bridgehead atoms. The topological polar surface area (TPSA) is 32.3 Å². The molecule has 2 aromatic carbocycles. The van der Waals surface area contributed by atoms with Crippen LogP contribution in [0.1, 0.15) is 35.4 Å². The molecule has 0 atom stereocenters. The van der Waals surface area contributed by atoms with Crippen molar-refractivity contribution in [3.8, 4) is 5.75 Å². The van der Waals surface area contributed by atoms with Gasteiger partial charge in [-0.1, -0.05) is 24.3 Å². The highest BCUT2D eigenvalue weighted by Gasteiger charge is 2.23. The maximum absolute atomic E-state index is 9.51. The fourth-order valence-corrected chi connectivity index (χ4v) is 2.34. The predicted octanol–water partition coefficient (Wildman–Crippen LogP) is 4.19. The predicted molar refractivity (Wildman–Crippen MR) is 78.6 cm³/mol. The van der Waals surface area contributed by atoms with Crippen LogP contribution in [0.5, 0.6) is 5.75 Å². The minimum absolute atomic E-state index is 0.348. The lowest BCUT2D eigenvalue weighted by Gasteiger charge is -2.09. The molecule has 1 saturated carbocycles. The van der Waals surface area contributed by atoms with Gasteiger partial charge in [0.05, 0.1) is 0 Å². The maximum atomic E-state index is 9.51. The number of aromatic hydroxyl groups is 1. The van der Waals surface area contributed by atoms with Crippen LogP contribution in [0.2, 0.25) is 0 Å². The second kappa shape index (κ2) is 4.96. The van der Waals surface area contributed by atoms with Gasteiger partial charge in [0.2, 0.25) is 0 Å². The van der Waals surface area contributed by atoms with Crippen LogP contribution in [0.15, 0.2) is 42.5 Å². The van der Waals surface area contributed by atoms with Gasteiger partial charge >= 0.3 is 0 Å². The first kappa shape index (κ1) is 12.1. The molecule has 2 N–H and O–H groups in total. The number of hydrogen-bond acceptors (Lipinski definition) is 2. The Balaban J connectivity index is 1.68. The molecule has 1 fully saturated rings. The van der Waals surface area contributed by atoms with Gasteiger partial charge in [0, 0.05) is 12.2 Å². The smallest absolute Gasteiger partial charge is 0.118 e. The molecule has 0 aromatic heterocycles. The molecule has 2 nitrogen and oxygen atoms in total. The minimum Gasteiger partial charge on any atom is -0.508 e. The molecular formula is C17H19NO. The molecule has 0 unspecified atom stereocenters. The van der Waals surface area contributed by atoms with E-state index in [1.165, 1.54) is 24.0 Å². The fourth-order valence-electron chi connectivity index (χ4n) is 2.34. The van der Waals surface area contributed by atoms with Crippen LogP contribution in [-0.4, -0.2) is 5.11 Å². The summed E-state index contributed by atoms with van der Waals surface area (Å²) < 4.78 is 0. The van der Waals surface area contributed by atoms with E-state index in [9.17, 15) is 5.11 Å². The molecular weight excluding hydrogens is 234 g/mol. The van der Waals surface area contributed by atoms with E-state index in [1.807, 2.05) is 19.1 Å². The lowest BCUT2D eigenvalue weighted by molar-refractivity contribution is 0.471. The van der Waals surface area contributed by atoms with E-state index in [4.69, 9.17) is 0 Å². The lowest BCUT2D eigenvalue weighted by Crippen LogP contribution is -2.00. The SMILES string of the molecule is Cc1cc(NCc2cccc(C3CC3)c2)ccc1O. The summed E-state index contributed by atoms with van der Waals surface area (Å²) in [5, 5.41) is 12.9. The van der Waals surface area contributed by atoms with Gasteiger partial charge in [-0.2, -0.15) is 0 Å². The number of anilines is 1. The van der Waals surface area contributed by atoms with Crippen molar-refractivity contribution in [1.82, 2.24) is 0 Å². The van der Waals surface area contributed by atoms with Crippen molar-refractivity contribution < 1.29 is 5.11 Å². The van der Waals surface area contributed by atoms with Crippen LogP contribution >= 0.6 is 0 Å². The Hall–Kier alpha value is -1.96. The van der Waals surface area contributed by atoms with Crippen molar-refractivity contribution in [2.24, 2.45) is 0 Å². The van der Waals surface area contributed by atoms with E-state index in [1.54, 1.807) is 6.07 Å². The van der Waals surface area contributed by atoms with Gasteiger partial charge < -0.3 is 10.4 Å². The molecule has 0 amide bonds. The van der Waals surface area contributed by atoms with Gasteiger partial charge in [-0.25, -0.2) is 0 Å². The summed E-state index contributed by atoms with van der Waals surface area (Å²) in [6.07, 6.45) is 2.68. The van der Waals surface area contributed by atoms with Gasteiger partial charge in [0.25, 0.3) is 0 Å². The zero-order chi connectivity index (χ0) is 13.2. The van der Waals surface area contributed by atoms with E-state index in [-0.39, 0.29) is 0 Å². The monoisotopic (exact) mass is 253 g/mol. The normalized spacial score (nSPS) is 14.4. The standard InChI is InChI=1S/C17H19NO/c1-12-9-16(7-8-17(12)19)18-11-13-3-2-4-15(10-13)14-5-6-14/h2-4,7-10,14,18-19H,5-6,11H2,1H3. The van der Waals surface area contributed by atoms with Gasteiger partial charge in [-0.15, -0.1) is 0 Å². The summed E-state index contributed by atoms with van der Waals surface area (Å²) in [4.78, 5) is 0. The molecule has 0 saturated heterocycles. The summed E-state index contributed by atoms with van der Waals surface area (Å²) in [6.45, 7) is 2.74. The highest BCUT2D eigenvalue weighted by atomic mass is 16.3. The van der Waals surface area contributed by atoms with Gasteiger partial charge in [-0.05, 0) is 60.6 Å². The van der Waals surface area contributed by atoms with Gasteiger partial charge in [-0.3, -0.25) is 0 Å². The van der Waals surface area contributed by atoms with E-state index in [0.29, 0.717) is 5.75 Å². The molecule has 19 heavy (non-hydrogen) atoms. The molecule has 0 aliphatic heterocycles. The zero-order valence-corrected chi connectivity index (χ0v) is 11.2.